The van der Waals surface area contributed by atoms with Crippen molar-refractivity contribution in [2.24, 2.45) is 5.41 Å². The summed E-state index contributed by atoms with van der Waals surface area (Å²) in [6.45, 7) is 4.55. The molecule has 0 radical (unpaired) electrons. The molecule has 1 unspecified atom stereocenters. The Kier molecular flexibility index (Phi) is 4.51. The monoisotopic (exact) mass is 279 g/mol. The van der Waals surface area contributed by atoms with E-state index in [4.69, 9.17) is 11.6 Å². The van der Waals surface area contributed by atoms with Crippen LogP contribution in [0.3, 0.4) is 0 Å². The molecule has 1 aromatic carbocycles. The molecule has 104 valence electrons. The predicted molar refractivity (Wildman–Crippen MR) is 79.5 cm³/mol. The third kappa shape index (κ3) is 3.97. The molecule has 0 saturated heterocycles. The first kappa shape index (κ1) is 14.4. The van der Waals surface area contributed by atoms with Crippen molar-refractivity contribution in [3.05, 3.63) is 35.4 Å². The lowest BCUT2D eigenvalue weighted by atomic mass is 9.75. The number of rotatable bonds is 3. The Hall–Kier alpha value is -1.02. The molecule has 0 bridgehead atoms. The van der Waals surface area contributed by atoms with Crippen LogP contribution in [0.15, 0.2) is 24.3 Å². The van der Waals surface area contributed by atoms with Gasteiger partial charge in [0.05, 0.1) is 0 Å². The number of hydrogen-bond acceptors (Lipinski definition) is 1. The fourth-order valence-corrected chi connectivity index (χ4v) is 3.05. The molecule has 1 N–H and O–H groups in total. The van der Waals surface area contributed by atoms with Gasteiger partial charge in [-0.3, -0.25) is 4.79 Å². The molecule has 1 fully saturated rings. The number of halogens is 1. The molecule has 0 aliphatic heterocycles. The van der Waals surface area contributed by atoms with Gasteiger partial charge in [-0.25, -0.2) is 0 Å². The van der Waals surface area contributed by atoms with Crippen LogP contribution in [-0.2, 0) is 5.88 Å². The van der Waals surface area contributed by atoms with Crippen LogP contribution in [0.25, 0.3) is 0 Å². The van der Waals surface area contributed by atoms with E-state index in [1.165, 1.54) is 12.8 Å². The standard InChI is InChI=1S/C16H22ClNO/c1-16(2)8-4-7-14(10-16)18-15(19)13-6-3-5-12(9-13)11-17/h3,5-6,9,14H,4,7-8,10-11H2,1-2H3,(H,18,19). The van der Waals surface area contributed by atoms with Crippen molar-refractivity contribution in [1.29, 1.82) is 0 Å². The molecule has 0 heterocycles. The van der Waals surface area contributed by atoms with Crippen molar-refractivity contribution in [2.45, 2.75) is 51.5 Å². The van der Waals surface area contributed by atoms with E-state index < -0.39 is 0 Å². The lowest BCUT2D eigenvalue weighted by molar-refractivity contribution is 0.0902. The molecule has 0 aromatic heterocycles. The highest BCUT2D eigenvalue weighted by atomic mass is 35.5. The maximum absolute atomic E-state index is 12.2. The molecule has 3 heteroatoms. The van der Waals surface area contributed by atoms with E-state index in [1.807, 2.05) is 24.3 Å². The number of hydrogen-bond donors (Lipinski definition) is 1. The smallest absolute Gasteiger partial charge is 0.251 e. The number of alkyl halides is 1. The van der Waals surface area contributed by atoms with E-state index in [1.54, 1.807) is 0 Å². The van der Waals surface area contributed by atoms with E-state index in [0.717, 1.165) is 18.4 Å². The van der Waals surface area contributed by atoms with Gasteiger partial charge in [0.2, 0.25) is 0 Å². The van der Waals surface area contributed by atoms with Crippen LogP contribution < -0.4 is 5.32 Å². The quantitative estimate of drug-likeness (QED) is 0.829. The second kappa shape index (κ2) is 5.96. The number of carbonyl (C=O) groups excluding carboxylic acids is 1. The zero-order valence-electron chi connectivity index (χ0n) is 11.7. The average molecular weight is 280 g/mol. The maximum atomic E-state index is 12.2. The first-order valence-electron chi connectivity index (χ1n) is 6.96. The molecule has 1 amide bonds. The van der Waals surface area contributed by atoms with Gasteiger partial charge in [0.25, 0.3) is 5.91 Å². The van der Waals surface area contributed by atoms with Crippen molar-refractivity contribution in [1.82, 2.24) is 5.32 Å². The molecule has 0 spiro atoms. The molecule has 1 atom stereocenters. The number of nitrogens with one attached hydrogen (secondary N) is 1. The molecule has 1 aliphatic carbocycles. The molecule has 19 heavy (non-hydrogen) atoms. The van der Waals surface area contributed by atoms with E-state index in [9.17, 15) is 4.79 Å². The summed E-state index contributed by atoms with van der Waals surface area (Å²) in [6.07, 6.45) is 4.60. The number of carbonyl (C=O) groups is 1. The lowest BCUT2D eigenvalue weighted by Crippen LogP contribution is -2.40. The third-order valence-electron chi connectivity index (χ3n) is 3.88. The average Bonchev–Trinajstić information content (AvgIpc) is 2.37. The van der Waals surface area contributed by atoms with Crippen LogP contribution in [0.2, 0.25) is 0 Å². The Labute approximate surface area is 120 Å². The predicted octanol–water partition coefficient (Wildman–Crippen LogP) is 4.12. The van der Waals surface area contributed by atoms with Gasteiger partial charge in [0.15, 0.2) is 0 Å². The summed E-state index contributed by atoms with van der Waals surface area (Å²) in [5.74, 6) is 0.465. The SMILES string of the molecule is CC1(C)CCCC(NC(=O)c2cccc(CCl)c2)C1. The molecule has 2 nitrogen and oxygen atoms in total. The Morgan fingerprint density at radius 3 is 2.95 bits per heavy atom. The highest BCUT2D eigenvalue weighted by molar-refractivity contribution is 6.17. The first-order valence-corrected chi connectivity index (χ1v) is 7.49. The second-order valence-corrected chi connectivity index (χ2v) is 6.53. The van der Waals surface area contributed by atoms with Crippen molar-refractivity contribution in [2.75, 3.05) is 0 Å². The van der Waals surface area contributed by atoms with Crippen LogP contribution in [0.4, 0.5) is 0 Å². The summed E-state index contributed by atoms with van der Waals surface area (Å²) in [6, 6.07) is 7.84. The lowest BCUT2D eigenvalue weighted by Gasteiger charge is -2.35. The van der Waals surface area contributed by atoms with Gasteiger partial charge < -0.3 is 5.32 Å². The minimum Gasteiger partial charge on any atom is -0.349 e. The van der Waals surface area contributed by atoms with E-state index in [-0.39, 0.29) is 5.91 Å². The van der Waals surface area contributed by atoms with Crippen LogP contribution in [0.1, 0.15) is 55.5 Å². The maximum Gasteiger partial charge on any atom is 0.251 e. The molecular formula is C16H22ClNO. The van der Waals surface area contributed by atoms with Crippen molar-refractivity contribution in [3.63, 3.8) is 0 Å². The highest BCUT2D eigenvalue weighted by Gasteiger charge is 2.28. The Bertz CT molecular complexity index is 456. The van der Waals surface area contributed by atoms with Crippen LogP contribution in [-0.4, -0.2) is 11.9 Å². The molecule has 1 aromatic rings. The van der Waals surface area contributed by atoms with Gasteiger partial charge >= 0.3 is 0 Å². The molecule has 2 rings (SSSR count). The Morgan fingerprint density at radius 2 is 2.26 bits per heavy atom. The normalized spacial score (nSPS) is 21.9. The van der Waals surface area contributed by atoms with Crippen molar-refractivity contribution in [3.8, 4) is 0 Å². The third-order valence-corrected chi connectivity index (χ3v) is 4.19. The van der Waals surface area contributed by atoms with Crippen molar-refractivity contribution < 1.29 is 4.79 Å². The van der Waals surface area contributed by atoms with Gasteiger partial charge in [-0.1, -0.05) is 32.4 Å². The number of benzene rings is 1. The van der Waals surface area contributed by atoms with Crippen LogP contribution in [0.5, 0.6) is 0 Å². The van der Waals surface area contributed by atoms with E-state index in [0.29, 0.717) is 22.9 Å². The minimum absolute atomic E-state index is 0.0228. The first-order chi connectivity index (χ1) is 9.00. The highest BCUT2D eigenvalue weighted by Crippen LogP contribution is 2.35. The summed E-state index contributed by atoms with van der Waals surface area (Å²) >= 11 is 5.80. The van der Waals surface area contributed by atoms with Crippen LogP contribution >= 0.6 is 11.6 Å². The minimum atomic E-state index is 0.0228. The van der Waals surface area contributed by atoms with Gasteiger partial charge in [0, 0.05) is 17.5 Å². The topological polar surface area (TPSA) is 29.1 Å². The fourth-order valence-electron chi connectivity index (χ4n) is 2.89. The van der Waals surface area contributed by atoms with Gasteiger partial charge in [0.1, 0.15) is 0 Å². The van der Waals surface area contributed by atoms with Crippen LogP contribution in [0, 0.1) is 5.41 Å². The number of amides is 1. The summed E-state index contributed by atoms with van der Waals surface area (Å²) in [7, 11) is 0. The van der Waals surface area contributed by atoms with Gasteiger partial charge in [-0.2, -0.15) is 0 Å². The van der Waals surface area contributed by atoms with Gasteiger partial charge in [-0.15, -0.1) is 11.6 Å². The summed E-state index contributed by atoms with van der Waals surface area (Å²) in [4.78, 5) is 12.2. The molecule has 1 aliphatic rings. The largest absolute Gasteiger partial charge is 0.349 e. The van der Waals surface area contributed by atoms with E-state index >= 15 is 0 Å². The molecular weight excluding hydrogens is 258 g/mol. The Morgan fingerprint density at radius 1 is 1.47 bits per heavy atom. The second-order valence-electron chi connectivity index (χ2n) is 6.26. The zero-order chi connectivity index (χ0) is 13.9. The summed E-state index contributed by atoms with van der Waals surface area (Å²) < 4.78 is 0. The van der Waals surface area contributed by atoms with Gasteiger partial charge in [-0.05, 0) is 42.4 Å². The molecule has 1 saturated carbocycles. The summed E-state index contributed by atoms with van der Waals surface area (Å²) in [5, 5.41) is 3.16. The summed E-state index contributed by atoms with van der Waals surface area (Å²) in [5.41, 5.74) is 2.04. The van der Waals surface area contributed by atoms with E-state index in [2.05, 4.69) is 19.2 Å². The fraction of sp³-hybridized carbons (Fsp3) is 0.562. The Balaban J connectivity index is 2.00. The zero-order valence-corrected chi connectivity index (χ0v) is 12.5. The van der Waals surface area contributed by atoms with Crippen molar-refractivity contribution >= 4 is 17.5 Å².